The van der Waals surface area contributed by atoms with Crippen LogP contribution in [-0.4, -0.2) is 55.5 Å². The van der Waals surface area contributed by atoms with Crippen LogP contribution in [0.15, 0.2) is 0 Å². The quantitative estimate of drug-likeness (QED) is 0.692. The molecule has 0 saturated carbocycles. The van der Waals surface area contributed by atoms with Crippen molar-refractivity contribution < 1.29 is 24.2 Å². The Balaban J connectivity index is 2.25. The van der Waals surface area contributed by atoms with Crippen molar-refractivity contribution in [2.45, 2.75) is 12.8 Å². The average molecular weight is 231 g/mol. The monoisotopic (exact) mass is 231 g/mol. The number of esters is 1. The zero-order valence-corrected chi connectivity index (χ0v) is 9.35. The van der Waals surface area contributed by atoms with Crippen LogP contribution in [0.4, 0.5) is 4.79 Å². The third-order valence-electron chi connectivity index (χ3n) is 2.67. The summed E-state index contributed by atoms with van der Waals surface area (Å²) in [5, 5.41) is 8.93. The van der Waals surface area contributed by atoms with Gasteiger partial charge in [-0.25, -0.2) is 9.59 Å². The van der Waals surface area contributed by atoms with Crippen LogP contribution in [0, 0.1) is 5.92 Å². The summed E-state index contributed by atoms with van der Waals surface area (Å²) in [6.45, 7) is 0.927. The number of hydrogen-bond acceptors (Lipinski definition) is 5. The molecule has 0 spiro atoms. The van der Waals surface area contributed by atoms with E-state index in [1.54, 1.807) is 0 Å². The van der Waals surface area contributed by atoms with Gasteiger partial charge in [0.1, 0.15) is 0 Å². The molecule has 0 bridgehead atoms. The lowest BCUT2D eigenvalue weighted by Gasteiger charge is -2.30. The van der Waals surface area contributed by atoms with E-state index in [9.17, 15) is 9.59 Å². The second-order valence-electron chi connectivity index (χ2n) is 3.74. The highest BCUT2D eigenvalue weighted by Gasteiger charge is 2.23. The first-order valence-electron chi connectivity index (χ1n) is 5.26. The molecule has 0 aromatic heterocycles. The van der Waals surface area contributed by atoms with Crippen molar-refractivity contribution in [3.05, 3.63) is 0 Å². The van der Waals surface area contributed by atoms with E-state index in [2.05, 4.69) is 4.74 Å². The third-order valence-corrected chi connectivity index (χ3v) is 2.67. The lowest BCUT2D eigenvalue weighted by atomic mass is 9.98. The zero-order valence-electron chi connectivity index (χ0n) is 9.35. The van der Waals surface area contributed by atoms with Crippen molar-refractivity contribution in [1.82, 2.24) is 4.90 Å². The highest BCUT2D eigenvalue weighted by atomic mass is 16.6. The van der Waals surface area contributed by atoms with Gasteiger partial charge in [0.25, 0.3) is 0 Å². The minimum atomic E-state index is -0.571. The van der Waals surface area contributed by atoms with Gasteiger partial charge >= 0.3 is 12.1 Å². The number of piperidine rings is 1. The van der Waals surface area contributed by atoms with E-state index in [0.29, 0.717) is 13.1 Å². The summed E-state index contributed by atoms with van der Waals surface area (Å²) < 4.78 is 9.11. The molecule has 1 heterocycles. The molecule has 0 aliphatic carbocycles. The lowest BCUT2D eigenvalue weighted by Crippen LogP contribution is -2.40. The molecule has 1 amide bonds. The fourth-order valence-electron chi connectivity index (χ4n) is 1.57. The number of likely N-dealkylation sites (tertiary alicyclic amines) is 1. The molecule has 1 saturated heterocycles. The number of aliphatic hydroxyl groups excluding tert-OH is 1. The standard InChI is InChI=1S/C10H17NO5/c1-15-9(13)7-16-10(14)11-4-2-8(6-12)3-5-11/h8,12H,2-7H2,1H3. The number of methoxy groups -OCH3 is 1. The van der Waals surface area contributed by atoms with Crippen molar-refractivity contribution in [2.75, 3.05) is 33.4 Å². The van der Waals surface area contributed by atoms with E-state index in [1.165, 1.54) is 12.0 Å². The summed E-state index contributed by atoms with van der Waals surface area (Å²) in [7, 11) is 1.24. The van der Waals surface area contributed by atoms with Gasteiger partial charge in [0.15, 0.2) is 6.61 Å². The number of carbonyl (C=O) groups excluding carboxylic acids is 2. The lowest BCUT2D eigenvalue weighted by molar-refractivity contribution is -0.144. The number of hydrogen-bond donors (Lipinski definition) is 1. The van der Waals surface area contributed by atoms with Crippen molar-refractivity contribution in [2.24, 2.45) is 5.92 Å². The maximum atomic E-state index is 11.4. The molecule has 0 unspecified atom stereocenters. The molecule has 6 nitrogen and oxygen atoms in total. The first-order valence-corrected chi connectivity index (χ1v) is 5.26. The van der Waals surface area contributed by atoms with Crippen LogP contribution in [0.25, 0.3) is 0 Å². The number of carbonyl (C=O) groups is 2. The van der Waals surface area contributed by atoms with E-state index < -0.39 is 12.1 Å². The van der Waals surface area contributed by atoms with Crippen molar-refractivity contribution >= 4 is 12.1 Å². The molecule has 1 aliphatic heterocycles. The van der Waals surface area contributed by atoms with Crippen molar-refractivity contribution in [3.8, 4) is 0 Å². The Morgan fingerprint density at radius 3 is 2.50 bits per heavy atom. The number of ether oxygens (including phenoxy) is 2. The summed E-state index contributed by atoms with van der Waals surface area (Å²) in [4.78, 5) is 23.7. The first kappa shape index (κ1) is 12.8. The molecule has 1 fully saturated rings. The Kier molecular flexibility index (Phi) is 5.04. The van der Waals surface area contributed by atoms with Crippen molar-refractivity contribution in [1.29, 1.82) is 0 Å². The highest BCUT2D eigenvalue weighted by molar-refractivity contribution is 5.75. The second-order valence-corrected chi connectivity index (χ2v) is 3.74. The summed E-state index contributed by atoms with van der Waals surface area (Å²) in [6, 6.07) is 0. The van der Waals surface area contributed by atoms with E-state index in [1.807, 2.05) is 0 Å². The van der Waals surface area contributed by atoms with Gasteiger partial charge in [-0.1, -0.05) is 0 Å². The SMILES string of the molecule is COC(=O)COC(=O)N1CCC(CO)CC1. The Hall–Kier alpha value is -1.30. The third kappa shape index (κ3) is 3.69. The molecule has 1 rings (SSSR count). The fraction of sp³-hybridized carbons (Fsp3) is 0.800. The number of aliphatic hydroxyl groups is 1. The normalized spacial score (nSPS) is 17.0. The molecule has 1 N–H and O–H groups in total. The number of amides is 1. The average Bonchev–Trinajstić information content (AvgIpc) is 2.35. The maximum Gasteiger partial charge on any atom is 0.410 e. The topological polar surface area (TPSA) is 76.1 Å². The first-order chi connectivity index (χ1) is 7.67. The molecular weight excluding hydrogens is 214 g/mol. The Morgan fingerprint density at radius 1 is 1.38 bits per heavy atom. The molecule has 0 aromatic rings. The fourth-order valence-corrected chi connectivity index (χ4v) is 1.57. The Labute approximate surface area is 94.1 Å². The highest BCUT2D eigenvalue weighted by Crippen LogP contribution is 2.16. The number of nitrogens with zero attached hydrogens (tertiary/aromatic N) is 1. The molecule has 6 heteroatoms. The summed E-state index contributed by atoms with van der Waals surface area (Å²) in [5.74, 6) is -0.303. The van der Waals surface area contributed by atoms with Crippen LogP contribution in [-0.2, 0) is 14.3 Å². The molecule has 0 radical (unpaired) electrons. The van der Waals surface area contributed by atoms with Gasteiger partial charge in [-0.05, 0) is 18.8 Å². The van der Waals surface area contributed by atoms with Gasteiger partial charge in [0.2, 0.25) is 0 Å². The van der Waals surface area contributed by atoms with Gasteiger partial charge in [-0.2, -0.15) is 0 Å². The Morgan fingerprint density at radius 2 is 2.00 bits per heavy atom. The molecule has 16 heavy (non-hydrogen) atoms. The van der Waals surface area contributed by atoms with Crippen LogP contribution in [0.1, 0.15) is 12.8 Å². The van der Waals surface area contributed by atoms with Gasteiger partial charge in [-0.15, -0.1) is 0 Å². The van der Waals surface area contributed by atoms with Crippen LogP contribution in [0.2, 0.25) is 0 Å². The summed E-state index contributed by atoms with van der Waals surface area (Å²) in [6.07, 6.45) is 1.04. The summed E-state index contributed by atoms with van der Waals surface area (Å²) in [5.41, 5.74) is 0. The maximum absolute atomic E-state index is 11.4. The van der Waals surface area contributed by atoms with Gasteiger partial charge in [-0.3, -0.25) is 0 Å². The van der Waals surface area contributed by atoms with Gasteiger partial charge in [0, 0.05) is 19.7 Å². The van der Waals surface area contributed by atoms with Crippen LogP contribution >= 0.6 is 0 Å². The van der Waals surface area contributed by atoms with Crippen LogP contribution in [0.3, 0.4) is 0 Å². The predicted molar refractivity (Wildman–Crippen MR) is 54.7 cm³/mol. The Bertz CT molecular complexity index is 248. The van der Waals surface area contributed by atoms with Crippen molar-refractivity contribution in [3.63, 3.8) is 0 Å². The van der Waals surface area contributed by atoms with E-state index >= 15 is 0 Å². The molecule has 1 aliphatic rings. The second kappa shape index (κ2) is 6.32. The minimum absolute atomic E-state index is 0.158. The molecule has 0 aromatic carbocycles. The summed E-state index contributed by atoms with van der Waals surface area (Å²) >= 11 is 0. The van der Waals surface area contributed by atoms with E-state index in [4.69, 9.17) is 9.84 Å². The smallest absolute Gasteiger partial charge is 0.410 e. The molecule has 0 atom stereocenters. The van der Waals surface area contributed by atoms with Gasteiger partial charge in [0.05, 0.1) is 7.11 Å². The van der Waals surface area contributed by atoms with Crippen LogP contribution in [0.5, 0.6) is 0 Å². The van der Waals surface area contributed by atoms with E-state index in [0.717, 1.165) is 12.8 Å². The van der Waals surface area contributed by atoms with E-state index in [-0.39, 0.29) is 19.1 Å². The predicted octanol–water partition coefficient (Wildman–Crippen LogP) is 0.000300. The zero-order chi connectivity index (χ0) is 12.0. The molecule has 92 valence electrons. The minimum Gasteiger partial charge on any atom is -0.466 e. The van der Waals surface area contributed by atoms with Crippen LogP contribution < -0.4 is 0 Å². The largest absolute Gasteiger partial charge is 0.466 e. The number of rotatable bonds is 3. The molecular formula is C10H17NO5. The van der Waals surface area contributed by atoms with Gasteiger partial charge < -0.3 is 19.5 Å².